The second-order valence-corrected chi connectivity index (χ2v) is 5.34. The zero-order valence-electron chi connectivity index (χ0n) is 12.7. The zero-order chi connectivity index (χ0) is 15.4. The molecule has 21 heavy (non-hydrogen) atoms. The van der Waals surface area contributed by atoms with Crippen LogP contribution in [0.4, 0.5) is 5.69 Å². The van der Waals surface area contributed by atoms with Gasteiger partial charge in [-0.1, -0.05) is 0 Å². The Bertz CT molecular complexity index is 507. The average molecular weight is 294 g/mol. The molecule has 2 amide bonds. The van der Waals surface area contributed by atoms with Crippen LogP contribution >= 0.6 is 0 Å². The molecule has 0 aliphatic carbocycles. The molecule has 1 fully saturated rings. The SMILES string of the molecule is COC1CCCCN(CC(=O)Nc2c(C)n[nH]c2C)C1=O. The maximum atomic E-state index is 12.3. The van der Waals surface area contributed by atoms with Crippen LogP contribution in [-0.4, -0.2) is 53.2 Å². The maximum absolute atomic E-state index is 12.3. The molecule has 2 N–H and O–H groups in total. The highest BCUT2D eigenvalue weighted by atomic mass is 16.5. The van der Waals surface area contributed by atoms with Gasteiger partial charge in [-0.05, 0) is 33.1 Å². The molecule has 0 bridgehead atoms. The fraction of sp³-hybridized carbons (Fsp3) is 0.643. The van der Waals surface area contributed by atoms with E-state index in [0.717, 1.165) is 24.2 Å². The lowest BCUT2D eigenvalue weighted by molar-refractivity contribution is -0.143. The van der Waals surface area contributed by atoms with Crippen LogP contribution in [0.1, 0.15) is 30.7 Å². The number of aromatic nitrogens is 2. The summed E-state index contributed by atoms with van der Waals surface area (Å²) in [5.74, 6) is -0.321. The van der Waals surface area contributed by atoms with Crippen molar-refractivity contribution in [2.45, 2.75) is 39.2 Å². The minimum absolute atomic E-state index is 0.0444. The average Bonchev–Trinajstić information content (AvgIpc) is 2.67. The molecule has 1 aromatic heterocycles. The van der Waals surface area contributed by atoms with Crippen LogP contribution in [0.3, 0.4) is 0 Å². The van der Waals surface area contributed by atoms with E-state index >= 15 is 0 Å². The monoisotopic (exact) mass is 294 g/mol. The highest BCUT2D eigenvalue weighted by Gasteiger charge is 2.28. The van der Waals surface area contributed by atoms with E-state index in [4.69, 9.17) is 4.74 Å². The number of rotatable bonds is 4. The van der Waals surface area contributed by atoms with Crippen molar-refractivity contribution in [3.8, 4) is 0 Å². The molecule has 1 saturated heterocycles. The number of nitrogens with one attached hydrogen (secondary N) is 2. The van der Waals surface area contributed by atoms with Gasteiger partial charge in [0.05, 0.1) is 23.6 Å². The Labute approximate surface area is 124 Å². The van der Waals surface area contributed by atoms with E-state index in [2.05, 4.69) is 15.5 Å². The summed E-state index contributed by atoms with van der Waals surface area (Å²) >= 11 is 0. The molecular weight excluding hydrogens is 272 g/mol. The number of aromatic amines is 1. The van der Waals surface area contributed by atoms with Crippen LogP contribution in [0.5, 0.6) is 0 Å². The summed E-state index contributed by atoms with van der Waals surface area (Å²) in [5.41, 5.74) is 2.22. The molecule has 1 aromatic rings. The van der Waals surface area contributed by atoms with E-state index in [-0.39, 0.29) is 18.4 Å². The fourth-order valence-corrected chi connectivity index (χ4v) is 2.53. The van der Waals surface area contributed by atoms with Crippen LogP contribution in [-0.2, 0) is 14.3 Å². The Balaban J connectivity index is 1.99. The van der Waals surface area contributed by atoms with Crippen molar-refractivity contribution in [1.82, 2.24) is 15.1 Å². The highest BCUT2D eigenvalue weighted by molar-refractivity contribution is 5.96. The number of anilines is 1. The molecule has 7 heteroatoms. The standard InChI is InChI=1S/C14H22N4O3/c1-9-13(10(2)17-16-9)15-12(19)8-18-7-5-4-6-11(21-3)14(18)20/h11H,4-8H2,1-3H3,(H,15,19)(H,16,17). The number of methoxy groups -OCH3 is 1. The Morgan fingerprint density at radius 1 is 1.48 bits per heavy atom. The van der Waals surface area contributed by atoms with Crippen molar-refractivity contribution in [1.29, 1.82) is 0 Å². The normalized spacial score (nSPS) is 19.5. The van der Waals surface area contributed by atoms with E-state index < -0.39 is 6.10 Å². The molecular formula is C14H22N4O3. The third kappa shape index (κ3) is 3.60. The molecule has 0 aromatic carbocycles. The number of carbonyl (C=O) groups excluding carboxylic acids is 2. The number of amides is 2. The summed E-state index contributed by atoms with van der Waals surface area (Å²) in [5, 5.41) is 9.66. The largest absolute Gasteiger partial charge is 0.372 e. The Hall–Kier alpha value is -1.89. The Kier molecular flexibility index (Phi) is 4.95. The number of aryl methyl sites for hydroxylation is 2. The summed E-state index contributed by atoms with van der Waals surface area (Å²) in [4.78, 5) is 26.0. The van der Waals surface area contributed by atoms with Gasteiger partial charge in [0.2, 0.25) is 5.91 Å². The number of nitrogens with zero attached hydrogens (tertiary/aromatic N) is 2. The van der Waals surface area contributed by atoms with Crippen LogP contribution in [0.25, 0.3) is 0 Å². The lowest BCUT2D eigenvalue weighted by Gasteiger charge is -2.23. The molecule has 116 valence electrons. The van der Waals surface area contributed by atoms with Gasteiger partial charge in [-0.3, -0.25) is 14.7 Å². The van der Waals surface area contributed by atoms with Gasteiger partial charge in [0.25, 0.3) is 5.91 Å². The van der Waals surface area contributed by atoms with Crippen molar-refractivity contribution in [3.05, 3.63) is 11.4 Å². The first kappa shape index (κ1) is 15.5. The second-order valence-electron chi connectivity index (χ2n) is 5.34. The highest BCUT2D eigenvalue weighted by Crippen LogP contribution is 2.17. The van der Waals surface area contributed by atoms with Crippen LogP contribution in [0, 0.1) is 13.8 Å². The molecule has 1 unspecified atom stereocenters. The molecule has 1 aliphatic heterocycles. The first-order valence-corrected chi connectivity index (χ1v) is 7.16. The summed E-state index contributed by atoms with van der Waals surface area (Å²) in [6.07, 6.45) is 2.11. The van der Waals surface area contributed by atoms with Gasteiger partial charge in [-0.2, -0.15) is 5.10 Å². The van der Waals surface area contributed by atoms with Gasteiger partial charge >= 0.3 is 0 Å². The Morgan fingerprint density at radius 2 is 2.24 bits per heavy atom. The summed E-state index contributed by atoms with van der Waals surface area (Å²) in [6, 6.07) is 0. The molecule has 1 atom stereocenters. The molecule has 1 aliphatic rings. The van der Waals surface area contributed by atoms with E-state index in [0.29, 0.717) is 18.7 Å². The van der Waals surface area contributed by atoms with E-state index in [1.54, 1.807) is 4.90 Å². The molecule has 0 saturated carbocycles. The van der Waals surface area contributed by atoms with Gasteiger partial charge in [0, 0.05) is 13.7 Å². The topological polar surface area (TPSA) is 87.3 Å². The van der Waals surface area contributed by atoms with E-state index in [9.17, 15) is 9.59 Å². The van der Waals surface area contributed by atoms with Gasteiger partial charge in [0.1, 0.15) is 6.10 Å². The lowest BCUT2D eigenvalue weighted by atomic mass is 10.2. The summed E-state index contributed by atoms with van der Waals surface area (Å²) < 4.78 is 5.20. The number of carbonyl (C=O) groups is 2. The molecule has 7 nitrogen and oxygen atoms in total. The minimum Gasteiger partial charge on any atom is -0.372 e. The second kappa shape index (κ2) is 6.71. The predicted octanol–water partition coefficient (Wildman–Crippen LogP) is 0.993. The van der Waals surface area contributed by atoms with Crippen molar-refractivity contribution < 1.29 is 14.3 Å². The third-order valence-corrected chi connectivity index (χ3v) is 3.74. The molecule has 2 heterocycles. The number of likely N-dealkylation sites (tertiary alicyclic amines) is 1. The Morgan fingerprint density at radius 3 is 2.86 bits per heavy atom. The van der Waals surface area contributed by atoms with Gasteiger partial charge in [-0.15, -0.1) is 0 Å². The first-order valence-electron chi connectivity index (χ1n) is 7.16. The van der Waals surface area contributed by atoms with Crippen LogP contribution in [0.15, 0.2) is 0 Å². The summed E-state index contributed by atoms with van der Waals surface area (Å²) in [7, 11) is 1.53. The predicted molar refractivity (Wildman–Crippen MR) is 77.9 cm³/mol. The quantitative estimate of drug-likeness (QED) is 0.867. The number of ether oxygens (including phenoxy) is 1. The summed E-state index contributed by atoms with van der Waals surface area (Å²) in [6.45, 7) is 4.29. The lowest BCUT2D eigenvalue weighted by Crippen LogP contribution is -2.43. The van der Waals surface area contributed by atoms with Crippen LogP contribution in [0.2, 0.25) is 0 Å². The molecule has 0 radical (unpaired) electrons. The van der Waals surface area contributed by atoms with Crippen molar-refractivity contribution >= 4 is 17.5 Å². The zero-order valence-corrected chi connectivity index (χ0v) is 12.7. The van der Waals surface area contributed by atoms with Gasteiger partial charge in [0.15, 0.2) is 0 Å². The van der Waals surface area contributed by atoms with Gasteiger partial charge < -0.3 is 15.0 Å². The van der Waals surface area contributed by atoms with Crippen molar-refractivity contribution in [3.63, 3.8) is 0 Å². The first-order chi connectivity index (χ1) is 10.0. The van der Waals surface area contributed by atoms with Crippen molar-refractivity contribution in [2.24, 2.45) is 0 Å². The molecule has 0 spiro atoms. The third-order valence-electron chi connectivity index (χ3n) is 3.74. The van der Waals surface area contributed by atoms with E-state index in [1.165, 1.54) is 7.11 Å². The fourth-order valence-electron chi connectivity index (χ4n) is 2.53. The molecule has 2 rings (SSSR count). The number of H-pyrrole nitrogens is 1. The number of hydrogen-bond acceptors (Lipinski definition) is 4. The van der Waals surface area contributed by atoms with Gasteiger partial charge in [-0.25, -0.2) is 0 Å². The smallest absolute Gasteiger partial charge is 0.252 e. The van der Waals surface area contributed by atoms with Crippen molar-refractivity contribution in [2.75, 3.05) is 25.5 Å². The maximum Gasteiger partial charge on any atom is 0.252 e. The minimum atomic E-state index is -0.433. The van der Waals surface area contributed by atoms with Crippen LogP contribution < -0.4 is 5.32 Å². The van der Waals surface area contributed by atoms with E-state index in [1.807, 2.05) is 13.8 Å². The number of hydrogen-bond donors (Lipinski definition) is 2.